The fourth-order valence-electron chi connectivity index (χ4n) is 5.20. The normalized spacial score (nSPS) is 17.2. The molecule has 36 heavy (non-hydrogen) atoms. The van der Waals surface area contributed by atoms with Gasteiger partial charge in [0.25, 0.3) is 0 Å². The van der Waals surface area contributed by atoms with Crippen LogP contribution in [0.1, 0.15) is 42.1 Å². The van der Waals surface area contributed by atoms with E-state index >= 15 is 0 Å². The molecule has 6 heteroatoms. The Morgan fingerprint density at radius 3 is 2.31 bits per heavy atom. The molecule has 0 spiro atoms. The van der Waals surface area contributed by atoms with E-state index in [1.807, 2.05) is 90.4 Å². The first-order chi connectivity index (χ1) is 17.5. The van der Waals surface area contributed by atoms with Gasteiger partial charge in [0, 0.05) is 0 Å². The Balaban J connectivity index is 1.89. The van der Waals surface area contributed by atoms with E-state index in [0.717, 1.165) is 33.3 Å². The SMILES string of the molecule is CCOC(=O)C1(C(=O)OCC)/C(=C\c2ccccc2)c2ccccc2C1n1cnc2ccc(C)cc21. The third kappa shape index (κ3) is 3.61. The molecule has 3 aromatic carbocycles. The summed E-state index contributed by atoms with van der Waals surface area (Å²) in [4.78, 5) is 32.7. The lowest BCUT2D eigenvalue weighted by Gasteiger charge is -2.33. The first-order valence-corrected chi connectivity index (χ1v) is 12.2. The zero-order chi connectivity index (χ0) is 25.3. The first-order valence-electron chi connectivity index (χ1n) is 12.2. The fraction of sp³-hybridized carbons (Fsp3) is 0.233. The molecule has 0 radical (unpaired) electrons. The van der Waals surface area contributed by atoms with Crippen molar-refractivity contribution in [3.8, 4) is 0 Å². The summed E-state index contributed by atoms with van der Waals surface area (Å²) in [5.74, 6) is -1.28. The molecule has 1 aromatic heterocycles. The van der Waals surface area contributed by atoms with Crippen molar-refractivity contribution in [2.24, 2.45) is 5.41 Å². The molecule has 0 saturated heterocycles. The van der Waals surface area contributed by atoms with Gasteiger partial charge in [-0.2, -0.15) is 0 Å². The van der Waals surface area contributed by atoms with Gasteiger partial charge in [-0.15, -0.1) is 0 Å². The van der Waals surface area contributed by atoms with Crippen molar-refractivity contribution in [3.05, 3.63) is 101 Å². The van der Waals surface area contributed by atoms with Gasteiger partial charge in [-0.05, 0) is 66.8 Å². The molecule has 6 nitrogen and oxygen atoms in total. The number of hydrogen-bond donors (Lipinski definition) is 0. The lowest BCUT2D eigenvalue weighted by molar-refractivity contribution is -0.168. The summed E-state index contributed by atoms with van der Waals surface area (Å²) in [6.07, 6.45) is 3.60. The lowest BCUT2D eigenvalue weighted by Crippen LogP contribution is -2.47. The largest absolute Gasteiger partial charge is 0.465 e. The van der Waals surface area contributed by atoms with E-state index in [1.54, 1.807) is 20.2 Å². The number of carbonyl (C=O) groups excluding carboxylic acids is 2. The van der Waals surface area contributed by atoms with Crippen LogP contribution < -0.4 is 0 Å². The number of aryl methyl sites for hydroxylation is 1. The Morgan fingerprint density at radius 2 is 1.61 bits per heavy atom. The summed E-state index contributed by atoms with van der Waals surface area (Å²) >= 11 is 0. The number of imidazole rings is 1. The van der Waals surface area contributed by atoms with Gasteiger partial charge >= 0.3 is 11.9 Å². The molecule has 5 rings (SSSR count). The summed E-state index contributed by atoms with van der Waals surface area (Å²) < 4.78 is 13.2. The van der Waals surface area contributed by atoms with Gasteiger partial charge in [-0.25, -0.2) is 4.98 Å². The van der Waals surface area contributed by atoms with Crippen LogP contribution in [0.5, 0.6) is 0 Å². The standard InChI is InChI=1S/C30H28N2O4/c1-4-35-28(33)30(29(34)36-5-2)24(18-21-11-7-6-8-12-21)22-13-9-10-14-23(22)27(30)32-19-31-25-16-15-20(3)17-26(25)32/h6-19,27H,4-5H2,1-3H3/b24-18-. The van der Waals surface area contributed by atoms with Crippen LogP contribution in [0.15, 0.2) is 79.1 Å². The highest BCUT2D eigenvalue weighted by molar-refractivity contribution is 6.18. The van der Waals surface area contributed by atoms with E-state index in [-0.39, 0.29) is 13.2 Å². The molecule has 0 N–H and O–H groups in total. The molecular weight excluding hydrogens is 452 g/mol. The predicted octanol–water partition coefficient (Wildman–Crippen LogP) is 5.60. The number of rotatable bonds is 6. The molecule has 0 bridgehead atoms. The van der Waals surface area contributed by atoms with Crippen LogP contribution >= 0.6 is 0 Å². The van der Waals surface area contributed by atoms with Crippen molar-refractivity contribution in [2.45, 2.75) is 26.8 Å². The second-order valence-corrected chi connectivity index (χ2v) is 8.85. The highest BCUT2D eigenvalue weighted by Crippen LogP contribution is 2.58. The molecule has 1 aliphatic carbocycles. The molecule has 1 aliphatic rings. The van der Waals surface area contributed by atoms with Crippen molar-refractivity contribution in [1.82, 2.24) is 9.55 Å². The van der Waals surface area contributed by atoms with Gasteiger partial charge in [0.2, 0.25) is 5.41 Å². The van der Waals surface area contributed by atoms with Crippen molar-refractivity contribution in [2.75, 3.05) is 13.2 Å². The smallest absolute Gasteiger partial charge is 0.330 e. The Morgan fingerprint density at radius 1 is 0.944 bits per heavy atom. The molecule has 1 heterocycles. The van der Waals surface area contributed by atoms with E-state index < -0.39 is 23.4 Å². The van der Waals surface area contributed by atoms with Crippen LogP contribution in [-0.2, 0) is 19.1 Å². The molecule has 0 amide bonds. The zero-order valence-corrected chi connectivity index (χ0v) is 20.6. The molecule has 1 unspecified atom stereocenters. The number of carbonyl (C=O) groups is 2. The predicted molar refractivity (Wildman–Crippen MR) is 139 cm³/mol. The lowest BCUT2D eigenvalue weighted by atomic mass is 9.76. The summed E-state index contributed by atoms with van der Waals surface area (Å²) in [5, 5.41) is 0. The Labute approximate surface area is 210 Å². The summed E-state index contributed by atoms with van der Waals surface area (Å²) in [6.45, 7) is 5.75. The minimum atomic E-state index is -1.76. The van der Waals surface area contributed by atoms with Crippen LogP contribution in [0.3, 0.4) is 0 Å². The topological polar surface area (TPSA) is 70.4 Å². The van der Waals surface area contributed by atoms with Crippen LogP contribution in [0.25, 0.3) is 22.7 Å². The van der Waals surface area contributed by atoms with Gasteiger partial charge < -0.3 is 14.0 Å². The molecular formula is C30H28N2O4. The number of fused-ring (bicyclic) bond motifs is 2. The van der Waals surface area contributed by atoms with Crippen molar-refractivity contribution < 1.29 is 19.1 Å². The summed E-state index contributed by atoms with van der Waals surface area (Å²) in [7, 11) is 0. The zero-order valence-electron chi connectivity index (χ0n) is 20.6. The Hall–Kier alpha value is -4.19. The van der Waals surface area contributed by atoms with Gasteiger partial charge in [-0.3, -0.25) is 9.59 Å². The number of benzene rings is 3. The molecule has 182 valence electrons. The maximum absolute atomic E-state index is 14.1. The number of aromatic nitrogens is 2. The van der Waals surface area contributed by atoms with Gasteiger partial charge in [0.05, 0.1) is 36.6 Å². The van der Waals surface area contributed by atoms with Gasteiger partial charge in [0.15, 0.2) is 0 Å². The van der Waals surface area contributed by atoms with Gasteiger partial charge in [0.1, 0.15) is 0 Å². The Bertz CT molecular complexity index is 1450. The summed E-state index contributed by atoms with van der Waals surface area (Å²) in [5.41, 5.74) is 3.96. The third-order valence-corrected chi connectivity index (χ3v) is 6.69. The number of ether oxygens (including phenoxy) is 2. The van der Waals surface area contributed by atoms with E-state index in [2.05, 4.69) is 4.98 Å². The van der Waals surface area contributed by atoms with Crippen molar-refractivity contribution in [1.29, 1.82) is 0 Å². The van der Waals surface area contributed by atoms with E-state index in [0.29, 0.717) is 5.57 Å². The maximum Gasteiger partial charge on any atom is 0.330 e. The van der Waals surface area contributed by atoms with E-state index in [4.69, 9.17) is 9.47 Å². The number of esters is 2. The molecule has 1 atom stereocenters. The van der Waals surface area contributed by atoms with Gasteiger partial charge in [-0.1, -0.05) is 60.7 Å². The van der Waals surface area contributed by atoms with E-state index in [9.17, 15) is 9.59 Å². The van der Waals surface area contributed by atoms with Crippen molar-refractivity contribution >= 4 is 34.6 Å². The first kappa shape index (κ1) is 23.5. The average Bonchev–Trinajstić information content (AvgIpc) is 3.41. The number of nitrogens with zero attached hydrogens (tertiary/aromatic N) is 2. The quantitative estimate of drug-likeness (QED) is 0.265. The van der Waals surface area contributed by atoms with Crippen LogP contribution in [0, 0.1) is 12.3 Å². The van der Waals surface area contributed by atoms with Crippen molar-refractivity contribution in [3.63, 3.8) is 0 Å². The second kappa shape index (κ2) is 9.46. The monoisotopic (exact) mass is 480 g/mol. The average molecular weight is 481 g/mol. The van der Waals surface area contributed by atoms with Crippen LogP contribution in [-0.4, -0.2) is 34.7 Å². The Kier molecular flexibility index (Phi) is 6.18. The minimum Gasteiger partial charge on any atom is -0.465 e. The third-order valence-electron chi connectivity index (χ3n) is 6.69. The molecule has 0 aliphatic heterocycles. The fourth-order valence-corrected chi connectivity index (χ4v) is 5.20. The highest BCUT2D eigenvalue weighted by atomic mass is 16.6. The number of hydrogen-bond acceptors (Lipinski definition) is 5. The molecule has 4 aromatic rings. The minimum absolute atomic E-state index is 0.130. The van der Waals surface area contributed by atoms with Crippen LogP contribution in [0.2, 0.25) is 0 Å². The van der Waals surface area contributed by atoms with E-state index in [1.165, 1.54) is 0 Å². The molecule has 0 saturated carbocycles. The van der Waals surface area contributed by atoms with Crippen LogP contribution in [0.4, 0.5) is 0 Å². The molecule has 0 fully saturated rings. The maximum atomic E-state index is 14.1. The summed E-state index contributed by atoms with van der Waals surface area (Å²) in [6, 6.07) is 22.6. The second-order valence-electron chi connectivity index (χ2n) is 8.85. The highest BCUT2D eigenvalue weighted by Gasteiger charge is 2.64.